The number of benzene rings is 2. The van der Waals surface area contributed by atoms with Gasteiger partial charge in [-0.15, -0.1) is 0 Å². The summed E-state index contributed by atoms with van der Waals surface area (Å²) < 4.78 is 2.80. The van der Waals surface area contributed by atoms with Crippen LogP contribution in [0.4, 0.5) is 5.69 Å². The van der Waals surface area contributed by atoms with Gasteiger partial charge in [-0.25, -0.2) is 0 Å². The molecule has 2 aromatic carbocycles. The standard InChI is InChI=1S/C14H11N3O2S/c15-14-16(12-7-3-4-8-13(12)20-14)9-10-5-1-2-6-11(10)17(18)19/h1-8,15H,9H2. The second-order valence-corrected chi connectivity index (χ2v) is 5.38. The van der Waals surface area contributed by atoms with Crippen LogP contribution in [0.2, 0.25) is 0 Å². The zero-order valence-corrected chi connectivity index (χ0v) is 11.3. The molecule has 0 radical (unpaired) electrons. The Bertz CT molecular complexity index is 851. The van der Waals surface area contributed by atoms with Gasteiger partial charge in [0, 0.05) is 11.6 Å². The number of nitrogens with zero attached hydrogens (tertiary/aromatic N) is 2. The van der Waals surface area contributed by atoms with E-state index in [0.29, 0.717) is 16.9 Å². The van der Waals surface area contributed by atoms with Gasteiger partial charge in [0.05, 0.1) is 21.7 Å². The number of nitrogens with one attached hydrogen (secondary N) is 1. The second kappa shape index (κ2) is 4.90. The van der Waals surface area contributed by atoms with Crippen molar-refractivity contribution >= 4 is 27.2 Å². The van der Waals surface area contributed by atoms with Crippen LogP contribution in [0.15, 0.2) is 48.5 Å². The molecular formula is C14H11N3O2S. The van der Waals surface area contributed by atoms with E-state index in [1.54, 1.807) is 22.8 Å². The number of hydrogen-bond acceptors (Lipinski definition) is 4. The molecule has 0 bridgehead atoms. The van der Waals surface area contributed by atoms with Crippen molar-refractivity contribution in [3.63, 3.8) is 0 Å². The lowest BCUT2D eigenvalue weighted by Gasteiger charge is -2.05. The van der Waals surface area contributed by atoms with Gasteiger partial charge in [0.2, 0.25) is 0 Å². The van der Waals surface area contributed by atoms with Gasteiger partial charge in [-0.1, -0.05) is 41.7 Å². The number of nitro benzene ring substituents is 1. The molecule has 6 heteroatoms. The molecule has 0 saturated heterocycles. The van der Waals surface area contributed by atoms with Crippen LogP contribution in [0.1, 0.15) is 5.56 Å². The Morgan fingerprint density at radius 1 is 1.15 bits per heavy atom. The summed E-state index contributed by atoms with van der Waals surface area (Å²) in [4.78, 5) is 11.1. The van der Waals surface area contributed by atoms with Gasteiger partial charge >= 0.3 is 0 Å². The lowest BCUT2D eigenvalue weighted by atomic mass is 10.2. The zero-order valence-electron chi connectivity index (χ0n) is 10.4. The van der Waals surface area contributed by atoms with Crippen molar-refractivity contribution in [2.75, 3.05) is 0 Å². The van der Waals surface area contributed by atoms with Crippen molar-refractivity contribution in [2.24, 2.45) is 0 Å². The number of rotatable bonds is 3. The lowest BCUT2D eigenvalue weighted by molar-refractivity contribution is -0.385. The molecule has 3 rings (SSSR count). The maximum atomic E-state index is 11.1. The molecule has 1 heterocycles. The Balaban J connectivity index is 2.13. The maximum Gasteiger partial charge on any atom is 0.274 e. The van der Waals surface area contributed by atoms with Crippen molar-refractivity contribution in [3.05, 3.63) is 69.0 Å². The molecule has 0 unspecified atom stereocenters. The third-order valence-corrected chi connectivity index (χ3v) is 4.10. The minimum absolute atomic E-state index is 0.0923. The number of fused-ring (bicyclic) bond motifs is 1. The van der Waals surface area contributed by atoms with Crippen LogP contribution in [0.25, 0.3) is 10.2 Å². The minimum Gasteiger partial charge on any atom is -0.312 e. The van der Waals surface area contributed by atoms with Crippen molar-refractivity contribution in [2.45, 2.75) is 6.54 Å². The van der Waals surface area contributed by atoms with Crippen LogP contribution in [0, 0.1) is 15.5 Å². The summed E-state index contributed by atoms with van der Waals surface area (Å²) in [6.07, 6.45) is 0. The van der Waals surface area contributed by atoms with E-state index in [9.17, 15) is 10.1 Å². The first-order chi connectivity index (χ1) is 9.66. The summed E-state index contributed by atoms with van der Waals surface area (Å²) in [5, 5.41) is 19.1. The molecule has 0 aliphatic carbocycles. The van der Waals surface area contributed by atoms with E-state index in [1.807, 2.05) is 24.3 Å². The number of nitro groups is 1. The van der Waals surface area contributed by atoms with Gasteiger partial charge in [0.1, 0.15) is 0 Å². The second-order valence-electron chi connectivity index (χ2n) is 4.35. The first kappa shape index (κ1) is 12.6. The van der Waals surface area contributed by atoms with E-state index in [-0.39, 0.29) is 10.6 Å². The molecule has 0 fully saturated rings. The molecular weight excluding hydrogens is 274 g/mol. The molecule has 0 atom stereocenters. The van der Waals surface area contributed by atoms with Gasteiger partial charge < -0.3 is 4.57 Å². The summed E-state index contributed by atoms with van der Waals surface area (Å²) >= 11 is 1.37. The topological polar surface area (TPSA) is 71.9 Å². The molecule has 0 spiro atoms. The van der Waals surface area contributed by atoms with Crippen LogP contribution in [-0.4, -0.2) is 9.49 Å². The highest BCUT2D eigenvalue weighted by Crippen LogP contribution is 2.22. The van der Waals surface area contributed by atoms with E-state index < -0.39 is 0 Å². The quantitative estimate of drug-likeness (QED) is 0.593. The molecule has 0 amide bonds. The molecule has 20 heavy (non-hydrogen) atoms. The number of thiazole rings is 1. The fourth-order valence-electron chi connectivity index (χ4n) is 2.19. The van der Waals surface area contributed by atoms with Crippen molar-refractivity contribution in [1.82, 2.24) is 4.57 Å². The average molecular weight is 285 g/mol. The van der Waals surface area contributed by atoms with Crippen molar-refractivity contribution in [1.29, 1.82) is 5.41 Å². The largest absolute Gasteiger partial charge is 0.312 e. The van der Waals surface area contributed by atoms with Crippen LogP contribution < -0.4 is 4.80 Å². The van der Waals surface area contributed by atoms with E-state index in [1.165, 1.54) is 17.4 Å². The Kier molecular flexibility index (Phi) is 3.08. The molecule has 100 valence electrons. The van der Waals surface area contributed by atoms with Crippen molar-refractivity contribution in [3.8, 4) is 0 Å². The SMILES string of the molecule is N=c1sc2ccccc2n1Cc1ccccc1[N+](=O)[O-]. The monoisotopic (exact) mass is 285 g/mol. The molecule has 1 aromatic heterocycles. The van der Waals surface area contributed by atoms with E-state index in [2.05, 4.69) is 0 Å². The molecule has 1 N–H and O–H groups in total. The Hall–Kier alpha value is -2.47. The highest BCUT2D eigenvalue weighted by atomic mass is 32.1. The van der Waals surface area contributed by atoms with Crippen molar-refractivity contribution < 1.29 is 4.92 Å². The van der Waals surface area contributed by atoms with Crippen LogP contribution in [0.3, 0.4) is 0 Å². The predicted octanol–water partition coefficient (Wildman–Crippen LogP) is 3.14. The Morgan fingerprint density at radius 2 is 1.85 bits per heavy atom. The van der Waals surface area contributed by atoms with E-state index >= 15 is 0 Å². The Morgan fingerprint density at radius 3 is 2.65 bits per heavy atom. The number of para-hydroxylation sites is 2. The molecule has 5 nitrogen and oxygen atoms in total. The van der Waals surface area contributed by atoms with Gasteiger partial charge in [0.15, 0.2) is 4.80 Å². The first-order valence-corrected chi connectivity index (χ1v) is 6.84. The van der Waals surface area contributed by atoms with Gasteiger partial charge in [0.25, 0.3) is 5.69 Å². The first-order valence-electron chi connectivity index (χ1n) is 6.02. The summed E-state index contributed by atoms with van der Waals surface area (Å²) in [7, 11) is 0. The van der Waals surface area contributed by atoms with E-state index in [0.717, 1.165) is 10.2 Å². The van der Waals surface area contributed by atoms with Crippen LogP contribution in [0.5, 0.6) is 0 Å². The molecule has 3 aromatic rings. The summed E-state index contributed by atoms with van der Waals surface area (Å²) in [6.45, 7) is 0.333. The Labute approximate surface area is 118 Å². The average Bonchev–Trinajstić information content (AvgIpc) is 2.76. The number of aromatic nitrogens is 1. The minimum atomic E-state index is -0.381. The third-order valence-electron chi connectivity index (χ3n) is 3.12. The van der Waals surface area contributed by atoms with Crippen LogP contribution in [-0.2, 0) is 6.54 Å². The number of hydrogen-bond donors (Lipinski definition) is 1. The van der Waals surface area contributed by atoms with Gasteiger partial charge in [-0.05, 0) is 12.1 Å². The molecule has 0 saturated carbocycles. The fourth-order valence-corrected chi connectivity index (χ4v) is 3.10. The lowest BCUT2D eigenvalue weighted by Crippen LogP contribution is -2.14. The fraction of sp³-hybridized carbons (Fsp3) is 0.0714. The third kappa shape index (κ3) is 2.10. The predicted molar refractivity (Wildman–Crippen MR) is 77.9 cm³/mol. The highest BCUT2D eigenvalue weighted by Gasteiger charge is 2.14. The molecule has 0 aliphatic rings. The van der Waals surface area contributed by atoms with E-state index in [4.69, 9.17) is 5.41 Å². The smallest absolute Gasteiger partial charge is 0.274 e. The van der Waals surface area contributed by atoms with Gasteiger partial charge in [-0.2, -0.15) is 0 Å². The summed E-state index contributed by atoms with van der Waals surface area (Å²) in [5.41, 5.74) is 1.63. The van der Waals surface area contributed by atoms with Crippen LogP contribution >= 0.6 is 11.3 Å². The van der Waals surface area contributed by atoms with Gasteiger partial charge in [-0.3, -0.25) is 15.5 Å². The maximum absolute atomic E-state index is 11.1. The molecule has 0 aliphatic heterocycles. The normalized spacial score (nSPS) is 10.8. The highest BCUT2D eigenvalue weighted by molar-refractivity contribution is 7.16. The zero-order chi connectivity index (χ0) is 14.1. The summed E-state index contributed by atoms with van der Waals surface area (Å²) in [6, 6.07) is 14.4. The summed E-state index contributed by atoms with van der Waals surface area (Å²) in [5.74, 6) is 0.